The molecule has 0 aliphatic heterocycles. The standard InChI is InChI=1S/2Na.H2O7S2/c;;1-8(2,3)7-9(4,5)6/h;;(H,1,2,3)(H,4,5,6). The van der Waals surface area contributed by atoms with Gasteiger partial charge in [-0.3, -0.25) is 9.11 Å². The minimum absolute atomic E-state index is 0. The second-order valence-corrected chi connectivity index (χ2v) is 3.18. The van der Waals surface area contributed by atoms with Crippen LogP contribution in [-0.2, 0) is 24.4 Å². The Morgan fingerprint density at radius 3 is 1.00 bits per heavy atom. The van der Waals surface area contributed by atoms with Gasteiger partial charge in [-0.05, 0) is 0 Å². The summed E-state index contributed by atoms with van der Waals surface area (Å²) in [5.74, 6) is 0. The van der Waals surface area contributed by atoms with Gasteiger partial charge in [-0.25, -0.2) is 0 Å². The quantitative estimate of drug-likeness (QED) is 0.405. The van der Waals surface area contributed by atoms with E-state index >= 15 is 0 Å². The van der Waals surface area contributed by atoms with Crippen LogP contribution in [0.1, 0.15) is 0 Å². The Hall–Kier alpha value is 1.78. The van der Waals surface area contributed by atoms with Crippen LogP contribution in [0.25, 0.3) is 0 Å². The molecular formula is H2Na2O7S2. The van der Waals surface area contributed by atoms with Crippen LogP contribution in [0.5, 0.6) is 0 Å². The topological polar surface area (TPSA) is 118 Å². The van der Waals surface area contributed by atoms with Crippen LogP contribution in [0.2, 0.25) is 0 Å². The molecule has 0 saturated carbocycles. The van der Waals surface area contributed by atoms with E-state index in [1.54, 1.807) is 0 Å². The van der Waals surface area contributed by atoms with Crippen molar-refractivity contribution in [3.63, 3.8) is 0 Å². The average Bonchev–Trinajstić information content (AvgIpc) is 1.14. The monoisotopic (exact) mass is 224 g/mol. The molecule has 0 spiro atoms. The third-order valence-corrected chi connectivity index (χ3v) is 1.55. The SMILES string of the molecule is O=S(=O)(O)OS(=O)(=O)O.[Na].[Na]. The maximum Gasteiger partial charge on any atom is 0.413 e. The Balaban J connectivity index is -0.000000320. The zero-order valence-corrected chi connectivity index (χ0v) is 11.4. The number of hydrogen-bond acceptors (Lipinski definition) is 5. The first-order valence-electron chi connectivity index (χ1n) is 1.37. The van der Waals surface area contributed by atoms with Crippen molar-refractivity contribution < 1.29 is 29.6 Å². The first-order chi connectivity index (χ1) is 3.71. The predicted octanol–water partition coefficient (Wildman–Crippen LogP) is -2.15. The molecule has 0 aliphatic rings. The molecule has 11 heavy (non-hydrogen) atoms. The third kappa shape index (κ3) is 18.6. The van der Waals surface area contributed by atoms with Crippen molar-refractivity contribution in [3.05, 3.63) is 0 Å². The number of rotatable bonds is 2. The summed E-state index contributed by atoms with van der Waals surface area (Å²) in [6, 6.07) is 0. The molecule has 0 aliphatic carbocycles. The minimum atomic E-state index is -5.12. The summed E-state index contributed by atoms with van der Waals surface area (Å²) in [4.78, 5) is 0. The van der Waals surface area contributed by atoms with Gasteiger partial charge in [0, 0.05) is 59.1 Å². The van der Waals surface area contributed by atoms with Gasteiger partial charge in [0.2, 0.25) is 0 Å². The van der Waals surface area contributed by atoms with Gasteiger partial charge in [-0.15, -0.1) is 3.63 Å². The van der Waals surface area contributed by atoms with E-state index in [0.29, 0.717) is 0 Å². The van der Waals surface area contributed by atoms with E-state index < -0.39 is 20.8 Å². The van der Waals surface area contributed by atoms with Crippen molar-refractivity contribution in [1.29, 1.82) is 0 Å². The molecule has 0 saturated heterocycles. The van der Waals surface area contributed by atoms with E-state index in [1.165, 1.54) is 0 Å². The van der Waals surface area contributed by atoms with E-state index in [1.807, 2.05) is 0 Å². The maximum absolute atomic E-state index is 9.44. The smallest absolute Gasteiger partial charge is 0.263 e. The molecule has 2 N–H and O–H groups in total. The molecule has 2 radical (unpaired) electrons. The molecule has 0 atom stereocenters. The van der Waals surface area contributed by atoms with Crippen molar-refractivity contribution in [2.45, 2.75) is 0 Å². The third-order valence-electron chi connectivity index (χ3n) is 0.172. The largest absolute Gasteiger partial charge is 0.413 e. The van der Waals surface area contributed by atoms with Gasteiger partial charge in [-0.1, -0.05) is 0 Å². The molecule has 58 valence electrons. The summed E-state index contributed by atoms with van der Waals surface area (Å²) in [5, 5.41) is 0. The molecule has 11 heteroatoms. The van der Waals surface area contributed by atoms with Crippen LogP contribution in [-0.4, -0.2) is 85.1 Å². The summed E-state index contributed by atoms with van der Waals surface area (Å²) in [6.07, 6.45) is 0. The average molecular weight is 224 g/mol. The minimum Gasteiger partial charge on any atom is -0.263 e. The summed E-state index contributed by atoms with van der Waals surface area (Å²) >= 11 is 0. The molecule has 0 amide bonds. The van der Waals surface area contributed by atoms with E-state index in [-0.39, 0.29) is 59.1 Å². The van der Waals surface area contributed by atoms with E-state index in [2.05, 4.69) is 3.63 Å². The van der Waals surface area contributed by atoms with Crippen LogP contribution < -0.4 is 0 Å². The van der Waals surface area contributed by atoms with Crippen molar-refractivity contribution in [2.24, 2.45) is 0 Å². The Morgan fingerprint density at radius 1 is 0.818 bits per heavy atom. The van der Waals surface area contributed by atoms with Crippen molar-refractivity contribution in [3.8, 4) is 0 Å². The molecule has 0 fully saturated rings. The fourth-order valence-corrected chi connectivity index (χ4v) is 0.978. The number of hydrogen-bond donors (Lipinski definition) is 2. The van der Waals surface area contributed by atoms with Gasteiger partial charge in [0.1, 0.15) is 0 Å². The first-order valence-corrected chi connectivity index (χ1v) is 4.10. The summed E-state index contributed by atoms with van der Waals surface area (Å²) in [6.45, 7) is 0. The molecular weight excluding hydrogens is 222 g/mol. The van der Waals surface area contributed by atoms with Gasteiger partial charge in [0.15, 0.2) is 0 Å². The normalized spacial score (nSPS) is 11.1. The molecule has 0 unspecified atom stereocenters. The molecule has 0 bridgehead atoms. The van der Waals surface area contributed by atoms with Crippen LogP contribution >= 0.6 is 0 Å². The van der Waals surface area contributed by atoms with Crippen LogP contribution in [0.15, 0.2) is 0 Å². The second kappa shape index (κ2) is 6.27. The predicted molar refractivity (Wildman–Crippen MR) is 35.7 cm³/mol. The second-order valence-electron chi connectivity index (χ2n) is 0.924. The summed E-state index contributed by atoms with van der Waals surface area (Å²) in [5.41, 5.74) is 0. The molecule has 0 heterocycles. The van der Waals surface area contributed by atoms with E-state index in [9.17, 15) is 16.8 Å². The fourth-order valence-electron chi connectivity index (χ4n) is 0.109. The molecule has 0 aromatic carbocycles. The van der Waals surface area contributed by atoms with Gasteiger partial charge in [0.25, 0.3) is 0 Å². The molecule has 0 aromatic rings. The van der Waals surface area contributed by atoms with Crippen molar-refractivity contribution >= 4 is 79.9 Å². The molecule has 0 rings (SSSR count). The Morgan fingerprint density at radius 2 is 1.00 bits per heavy atom. The Kier molecular flexibility index (Phi) is 10.6. The molecule has 7 nitrogen and oxygen atoms in total. The van der Waals surface area contributed by atoms with E-state index in [4.69, 9.17) is 9.11 Å². The fraction of sp³-hybridized carbons (Fsp3) is 0. The van der Waals surface area contributed by atoms with Gasteiger partial charge in [0.05, 0.1) is 0 Å². The van der Waals surface area contributed by atoms with Crippen molar-refractivity contribution in [1.82, 2.24) is 0 Å². The zero-order chi connectivity index (χ0) is 7.71. The van der Waals surface area contributed by atoms with Gasteiger partial charge < -0.3 is 0 Å². The Labute approximate surface area is 108 Å². The van der Waals surface area contributed by atoms with Crippen LogP contribution in [0.4, 0.5) is 0 Å². The van der Waals surface area contributed by atoms with Gasteiger partial charge >= 0.3 is 20.8 Å². The zero-order valence-electron chi connectivity index (χ0n) is 5.75. The summed E-state index contributed by atoms with van der Waals surface area (Å²) < 4.78 is 55.6. The maximum atomic E-state index is 9.44. The van der Waals surface area contributed by atoms with E-state index in [0.717, 1.165) is 0 Å². The first kappa shape index (κ1) is 18.5. The van der Waals surface area contributed by atoms with Crippen LogP contribution in [0, 0.1) is 0 Å². The Bertz CT molecular complexity index is 240. The van der Waals surface area contributed by atoms with Crippen LogP contribution in [0.3, 0.4) is 0 Å². The summed E-state index contributed by atoms with van der Waals surface area (Å²) in [7, 11) is -10.2. The molecule has 0 aromatic heterocycles. The van der Waals surface area contributed by atoms with Crippen molar-refractivity contribution in [2.75, 3.05) is 0 Å². The van der Waals surface area contributed by atoms with Gasteiger partial charge in [-0.2, -0.15) is 16.8 Å².